The van der Waals surface area contributed by atoms with Gasteiger partial charge in [-0.05, 0) is 31.2 Å². The Bertz CT molecular complexity index is 681. The van der Waals surface area contributed by atoms with E-state index in [9.17, 15) is 0 Å². The maximum atomic E-state index is 5.24. The summed E-state index contributed by atoms with van der Waals surface area (Å²) in [6.45, 7) is 8.47. The average Bonchev–Trinajstić information content (AvgIpc) is 3.21. The Morgan fingerprint density at radius 2 is 1.93 bits per heavy atom. The van der Waals surface area contributed by atoms with Crippen LogP contribution in [-0.4, -0.2) is 66.8 Å². The van der Waals surface area contributed by atoms with Crippen LogP contribution in [0.2, 0.25) is 0 Å². The Morgan fingerprint density at radius 3 is 2.52 bits per heavy atom. The van der Waals surface area contributed by atoms with Gasteiger partial charge in [0.2, 0.25) is 0 Å². The number of hydrogen-bond donors (Lipinski definition) is 1. The van der Waals surface area contributed by atoms with Crippen molar-refractivity contribution < 1.29 is 4.74 Å². The number of ether oxygens (including phenoxy) is 1. The summed E-state index contributed by atoms with van der Waals surface area (Å²) >= 11 is 0. The summed E-state index contributed by atoms with van der Waals surface area (Å²) < 4.78 is 7.29. The lowest BCUT2D eigenvalue weighted by Gasteiger charge is -2.37. The van der Waals surface area contributed by atoms with E-state index in [-0.39, 0.29) is 24.0 Å². The fourth-order valence-electron chi connectivity index (χ4n) is 3.09. The van der Waals surface area contributed by atoms with Crippen molar-refractivity contribution in [3.05, 3.63) is 43.0 Å². The highest BCUT2D eigenvalue weighted by Gasteiger charge is 2.19. The summed E-state index contributed by atoms with van der Waals surface area (Å²) in [5, 5.41) is 3.42. The summed E-state index contributed by atoms with van der Waals surface area (Å²) in [5.41, 5.74) is 1.24. The number of anilines is 1. The summed E-state index contributed by atoms with van der Waals surface area (Å²) in [4.78, 5) is 13.6. The van der Waals surface area contributed by atoms with Crippen molar-refractivity contribution in [2.45, 2.75) is 13.5 Å². The van der Waals surface area contributed by atoms with Gasteiger partial charge in [0, 0.05) is 57.3 Å². The molecule has 0 aliphatic carbocycles. The smallest absolute Gasteiger partial charge is 0.194 e. The molecule has 1 saturated heterocycles. The fourth-order valence-corrected chi connectivity index (χ4v) is 3.09. The van der Waals surface area contributed by atoms with E-state index in [1.165, 1.54) is 5.69 Å². The molecule has 1 aromatic carbocycles. The molecule has 1 aliphatic heterocycles. The minimum absolute atomic E-state index is 0. The van der Waals surface area contributed by atoms with Gasteiger partial charge in [-0.25, -0.2) is 4.98 Å². The maximum absolute atomic E-state index is 5.24. The molecule has 0 bridgehead atoms. The van der Waals surface area contributed by atoms with Crippen LogP contribution in [0.5, 0.6) is 5.75 Å². The third-order valence-electron chi connectivity index (χ3n) is 4.53. The highest BCUT2D eigenvalue weighted by Crippen LogP contribution is 2.20. The molecule has 0 unspecified atom stereocenters. The van der Waals surface area contributed by atoms with E-state index >= 15 is 0 Å². The van der Waals surface area contributed by atoms with Crippen LogP contribution in [0.15, 0.2) is 48.0 Å². The number of benzene rings is 1. The number of nitrogens with one attached hydrogen (secondary N) is 1. The van der Waals surface area contributed by atoms with E-state index in [0.29, 0.717) is 0 Å². The lowest BCUT2D eigenvalue weighted by Crippen LogP contribution is -2.52. The van der Waals surface area contributed by atoms with Crippen molar-refractivity contribution in [1.82, 2.24) is 19.8 Å². The molecule has 148 valence electrons. The molecule has 0 atom stereocenters. The predicted molar refractivity (Wildman–Crippen MR) is 120 cm³/mol. The van der Waals surface area contributed by atoms with Crippen LogP contribution in [0.25, 0.3) is 0 Å². The Hall–Kier alpha value is -1.97. The first-order valence-electron chi connectivity index (χ1n) is 9.18. The number of rotatable bonds is 6. The molecule has 8 heteroatoms. The second kappa shape index (κ2) is 11.0. The van der Waals surface area contributed by atoms with Gasteiger partial charge in [-0.1, -0.05) is 0 Å². The van der Waals surface area contributed by atoms with E-state index in [1.807, 2.05) is 24.7 Å². The molecule has 1 aromatic heterocycles. The van der Waals surface area contributed by atoms with Gasteiger partial charge in [0.25, 0.3) is 0 Å². The molecule has 0 spiro atoms. The van der Waals surface area contributed by atoms with Crippen LogP contribution in [-0.2, 0) is 6.54 Å². The number of imidazole rings is 1. The number of hydrogen-bond acceptors (Lipinski definition) is 4. The van der Waals surface area contributed by atoms with E-state index in [4.69, 9.17) is 9.73 Å². The van der Waals surface area contributed by atoms with E-state index < -0.39 is 0 Å². The molecule has 27 heavy (non-hydrogen) atoms. The zero-order valence-corrected chi connectivity index (χ0v) is 18.4. The minimum atomic E-state index is 0. The summed E-state index contributed by atoms with van der Waals surface area (Å²) in [6.07, 6.45) is 5.60. The van der Waals surface area contributed by atoms with Gasteiger partial charge >= 0.3 is 0 Å². The third kappa shape index (κ3) is 6.02. The van der Waals surface area contributed by atoms with E-state index in [2.05, 4.69) is 43.7 Å². The lowest BCUT2D eigenvalue weighted by atomic mass is 10.2. The summed E-state index contributed by atoms with van der Waals surface area (Å²) in [5.74, 6) is 1.90. The maximum Gasteiger partial charge on any atom is 0.194 e. The zero-order chi connectivity index (χ0) is 18.2. The molecule has 1 aliphatic rings. The summed E-state index contributed by atoms with van der Waals surface area (Å²) in [7, 11) is 1.70. The Morgan fingerprint density at radius 1 is 1.19 bits per heavy atom. The molecule has 7 nitrogen and oxygen atoms in total. The molecule has 0 amide bonds. The standard InChI is InChI=1S/C19H28N6O.HI/c1-3-21-19(22-9-11-23-10-8-20-16-23)25-14-12-24(13-15-25)17-4-6-18(26-2)7-5-17;/h4-8,10,16H,3,9,11-15H2,1-2H3,(H,21,22);1H. The zero-order valence-electron chi connectivity index (χ0n) is 16.0. The van der Waals surface area contributed by atoms with Gasteiger partial charge < -0.3 is 24.4 Å². The number of guanidine groups is 1. The SMILES string of the molecule is CCNC(=NCCn1ccnc1)N1CCN(c2ccc(OC)cc2)CC1.I. The molecule has 2 aromatic rings. The fraction of sp³-hybridized carbons (Fsp3) is 0.474. The topological polar surface area (TPSA) is 57.9 Å². The second-order valence-electron chi connectivity index (χ2n) is 6.21. The predicted octanol–water partition coefficient (Wildman–Crippen LogP) is 2.30. The number of nitrogens with zero attached hydrogens (tertiary/aromatic N) is 5. The van der Waals surface area contributed by atoms with Crippen LogP contribution in [0.4, 0.5) is 5.69 Å². The largest absolute Gasteiger partial charge is 0.497 e. The molecule has 0 saturated carbocycles. The molecule has 1 fully saturated rings. The van der Waals surface area contributed by atoms with Crippen molar-refractivity contribution in [1.29, 1.82) is 0 Å². The minimum Gasteiger partial charge on any atom is -0.497 e. The number of piperazine rings is 1. The molecule has 1 N–H and O–H groups in total. The van der Waals surface area contributed by atoms with Gasteiger partial charge in [-0.2, -0.15) is 0 Å². The van der Waals surface area contributed by atoms with Gasteiger partial charge in [0.15, 0.2) is 5.96 Å². The van der Waals surface area contributed by atoms with Crippen molar-refractivity contribution in [3.8, 4) is 5.75 Å². The van der Waals surface area contributed by atoms with Crippen LogP contribution in [0, 0.1) is 0 Å². The monoisotopic (exact) mass is 484 g/mol. The first kappa shape index (κ1) is 21.3. The molecule has 3 rings (SSSR count). The average molecular weight is 484 g/mol. The quantitative estimate of drug-likeness (QED) is 0.388. The van der Waals surface area contributed by atoms with Crippen molar-refractivity contribution in [2.75, 3.05) is 51.3 Å². The summed E-state index contributed by atoms with van der Waals surface area (Å²) in [6, 6.07) is 8.28. The number of aliphatic imine (C=N–C) groups is 1. The van der Waals surface area contributed by atoms with Crippen LogP contribution in [0.1, 0.15) is 6.92 Å². The van der Waals surface area contributed by atoms with Crippen molar-refractivity contribution >= 4 is 35.6 Å². The Labute approximate surface area is 178 Å². The van der Waals surface area contributed by atoms with Crippen LogP contribution >= 0.6 is 24.0 Å². The number of halogens is 1. The van der Waals surface area contributed by atoms with Gasteiger partial charge in [0.1, 0.15) is 5.75 Å². The third-order valence-corrected chi connectivity index (χ3v) is 4.53. The van der Waals surface area contributed by atoms with E-state index in [0.717, 1.165) is 57.5 Å². The van der Waals surface area contributed by atoms with Gasteiger partial charge in [-0.15, -0.1) is 24.0 Å². The number of aromatic nitrogens is 2. The van der Waals surface area contributed by atoms with E-state index in [1.54, 1.807) is 13.3 Å². The van der Waals surface area contributed by atoms with Crippen molar-refractivity contribution in [2.24, 2.45) is 4.99 Å². The lowest BCUT2D eigenvalue weighted by molar-refractivity contribution is 0.372. The number of methoxy groups -OCH3 is 1. The normalized spacial score (nSPS) is 14.7. The highest BCUT2D eigenvalue weighted by atomic mass is 127. The highest BCUT2D eigenvalue weighted by molar-refractivity contribution is 14.0. The first-order chi connectivity index (χ1) is 12.8. The molecule has 2 heterocycles. The molecule has 0 radical (unpaired) electrons. The second-order valence-corrected chi connectivity index (χ2v) is 6.21. The van der Waals surface area contributed by atoms with Gasteiger partial charge in [-0.3, -0.25) is 4.99 Å². The van der Waals surface area contributed by atoms with Crippen LogP contribution in [0.3, 0.4) is 0 Å². The first-order valence-corrected chi connectivity index (χ1v) is 9.18. The Balaban J connectivity index is 0.00000261. The van der Waals surface area contributed by atoms with Gasteiger partial charge in [0.05, 0.1) is 20.0 Å². The van der Waals surface area contributed by atoms with Crippen LogP contribution < -0.4 is 15.0 Å². The molecular weight excluding hydrogens is 455 g/mol. The van der Waals surface area contributed by atoms with Crippen molar-refractivity contribution in [3.63, 3.8) is 0 Å². The Kier molecular flexibility index (Phi) is 8.70. The molecular formula is C19H29IN6O.